The van der Waals surface area contributed by atoms with Crippen LogP contribution in [0.5, 0.6) is 0 Å². The number of likely N-dealkylation sites (N-methyl/N-ethyl adjacent to an activating group) is 2. The van der Waals surface area contributed by atoms with Crippen molar-refractivity contribution in [1.29, 1.82) is 0 Å². The number of piperidine rings is 2. The standard InChI is InChI=1S/C65H106N12O13/c1-36(2)30-45-57(82)66-41(11)55(80)70-49(33-39(7)8)65(90)77-29-23-20-26-51(77)60(85)73-53(43(13)78)61(86)69-47(34-44-24-18-16-19-25-44)59(84)71-48(32-38(5)6)63(88)75(15)54(40(9)10)62(87)72-50(64(89)76-27-21-17-22-28-76)35-52(79)74(14)42(12)56(81)67-46(31-37(3)4)58(83)68-45/h16,18-19,24-25,36-43,45-51,53-54,78H,17,20-23,26-35H2,1-15H3,(H,66,82)(H,67,81)(H,68,83)(H,69,86)(H,70,80)(H,71,84)(H,72,87)(H,73,85)/t41-,42-,43+,45-,46-,47-,48-,49-,50-,51-,53-,54-/m0/s1. The topological polar surface area (TPSA) is 334 Å². The molecular weight excluding hydrogens is 1160 g/mol. The Hall–Kier alpha value is -7.18. The molecule has 0 unspecified atom stereocenters. The van der Waals surface area contributed by atoms with Crippen LogP contribution in [-0.4, -0.2) is 202 Å². The molecule has 25 heteroatoms. The van der Waals surface area contributed by atoms with E-state index in [0.29, 0.717) is 44.3 Å². The molecule has 0 bridgehead atoms. The molecule has 12 amide bonds. The van der Waals surface area contributed by atoms with Gasteiger partial charge in [0, 0.05) is 40.2 Å². The molecule has 504 valence electrons. The third-order valence-electron chi connectivity index (χ3n) is 16.8. The summed E-state index contributed by atoms with van der Waals surface area (Å²) in [5.74, 6) is -10.0. The van der Waals surface area contributed by atoms with Crippen molar-refractivity contribution in [3.05, 3.63) is 35.9 Å². The number of hydrogen-bond acceptors (Lipinski definition) is 13. The molecule has 25 nitrogen and oxygen atoms in total. The molecule has 0 radical (unpaired) electrons. The molecule has 90 heavy (non-hydrogen) atoms. The summed E-state index contributed by atoms with van der Waals surface area (Å²) >= 11 is 0. The molecule has 0 saturated carbocycles. The Kier molecular flexibility index (Phi) is 29.6. The van der Waals surface area contributed by atoms with Gasteiger partial charge in [-0.05, 0) is 120 Å². The van der Waals surface area contributed by atoms with Crippen LogP contribution in [-0.2, 0) is 64.0 Å². The Bertz CT molecular complexity index is 2650. The van der Waals surface area contributed by atoms with Crippen LogP contribution in [0.1, 0.15) is 166 Å². The maximum Gasteiger partial charge on any atom is 0.245 e. The monoisotopic (exact) mass is 1260 g/mol. The Balaban J connectivity index is 1.85. The summed E-state index contributed by atoms with van der Waals surface area (Å²) in [6, 6.07) is -5.64. The zero-order valence-electron chi connectivity index (χ0n) is 55.9. The fourth-order valence-electron chi connectivity index (χ4n) is 11.8. The number of nitrogens with zero attached hydrogens (tertiary/aromatic N) is 4. The second-order valence-corrected chi connectivity index (χ2v) is 27.0. The van der Waals surface area contributed by atoms with Crippen molar-refractivity contribution < 1.29 is 62.6 Å². The predicted octanol–water partition coefficient (Wildman–Crippen LogP) is 1.82. The third kappa shape index (κ3) is 22.3. The predicted molar refractivity (Wildman–Crippen MR) is 339 cm³/mol. The lowest BCUT2D eigenvalue weighted by Crippen LogP contribution is -2.63. The molecule has 3 saturated heterocycles. The highest BCUT2D eigenvalue weighted by Crippen LogP contribution is 2.23. The molecule has 1 aromatic carbocycles. The van der Waals surface area contributed by atoms with Crippen LogP contribution in [0, 0.1) is 29.6 Å². The summed E-state index contributed by atoms with van der Waals surface area (Å²) in [5.41, 5.74) is 0.608. The van der Waals surface area contributed by atoms with Gasteiger partial charge < -0.3 is 67.2 Å². The van der Waals surface area contributed by atoms with E-state index in [2.05, 4.69) is 42.5 Å². The van der Waals surface area contributed by atoms with Gasteiger partial charge in [0.25, 0.3) is 0 Å². The van der Waals surface area contributed by atoms with Crippen LogP contribution in [0.3, 0.4) is 0 Å². The number of rotatable bonds is 13. The smallest absolute Gasteiger partial charge is 0.245 e. The zero-order valence-corrected chi connectivity index (χ0v) is 55.9. The van der Waals surface area contributed by atoms with Crippen molar-refractivity contribution in [2.75, 3.05) is 33.7 Å². The summed E-state index contributed by atoms with van der Waals surface area (Å²) in [6.07, 6.45) is 1.61. The van der Waals surface area contributed by atoms with Crippen molar-refractivity contribution in [3.63, 3.8) is 0 Å². The van der Waals surface area contributed by atoms with E-state index in [4.69, 9.17) is 0 Å². The lowest BCUT2D eigenvalue weighted by molar-refractivity contribution is -0.147. The van der Waals surface area contributed by atoms with E-state index in [0.717, 1.165) is 11.3 Å². The molecule has 3 fully saturated rings. The minimum absolute atomic E-state index is 0.0673. The lowest BCUT2D eigenvalue weighted by Gasteiger charge is -2.38. The summed E-state index contributed by atoms with van der Waals surface area (Å²) in [4.78, 5) is 179. The number of carbonyl (C=O) groups excluding carboxylic acids is 12. The van der Waals surface area contributed by atoms with Crippen molar-refractivity contribution in [2.45, 2.75) is 240 Å². The molecule has 3 aliphatic rings. The summed E-state index contributed by atoms with van der Waals surface area (Å²) < 4.78 is 0. The van der Waals surface area contributed by atoms with Gasteiger partial charge in [0.1, 0.15) is 66.5 Å². The fraction of sp³-hybridized carbons (Fsp3) is 0.723. The number of aliphatic hydroxyl groups excluding tert-OH is 1. The highest BCUT2D eigenvalue weighted by atomic mass is 16.3. The number of fused-ring (bicyclic) bond motifs is 1. The molecular formula is C65H106N12O13. The first kappa shape index (κ1) is 75.3. The van der Waals surface area contributed by atoms with Crippen molar-refractivity contribution >= 4 is 70.9 Å². The Morgan fingerprint density at radius 2 is 0.978 bits per heavy atom. The first-order valence-corrected chi connectivity index (χ1v) is 32.5. The normalized spacial score (nSPS) is 27.7. The van der Waals surface area contributed by atoms with Crippen LogP contribution in [0.2, 0.25) is 0 Å². The van der Waals surface area contributed by atoms with Crippen LogP contribution < -0.4 is 42.5 Å². The van der Waals surface area contributed by atoms with Gasteiger partial charge in [0.05, 0.1) is 12.5 Å². The number of aliphatic hydroxyl groups is 1. The number of benzene rings is 1. The van der Waals surface area contributed by atoms with E-state index in [1.807, 2.05) is 55.4 Å². The molecule has 12 atom stereocenters. The maximum absolute atomic E-state index is 14.9. The maximum atomic E-state index is 14.9. The van der Waals surface area contributed by atoms with E-state index in [1.54, 1.807) is 49.1 Å². The fourth-order valence-corrected chi connectivity index (χ4v) is 11.8. The summed E-state index contributed by atoms with van der Waals surface area (Å²) in [7, 11) is 2.76. The SMILES string of the molecule is CC(C)C[C@@H]1NC(=O)[C@H](CC(C)C)NC(=O)[C@H](C)N(C)C(=O)C[C@@H](C(=O)N2CCCCC2)NC(=O)[C@H](C(C)C)N(C)C(=O)[C@H](CC(C)C)NC(=O)[C@H](Cc2ccccc2)NC(=O)[C@H]([C@@H](C)O)NC(=O)[C@@H]2CCCCN2C(=O)[C@H](CC(C)C)NC(=O)[C@H](C)NC1=O. The Labute approximate surface area is 532 Å². The van der Waals surface area contributed by atoms with Gasteiger partial charge in [0.15, 0.2) is 0 Å². The number of carbonyl (C=O) groups is 12. The van der Waals surface area contributed by atoms with Gasteiger partial charge in [-0.2, -0.15) is 0 Å². The van der Waals surface area contributed by atoms with Gasteiger partial charge in [-0.1, -0.05) is 99.6 Å². The lowest BCUT2D eigenvalue weighted by atomic mass is 9.96. The van der Waals surface area contributed by atoms with Gasteiger partial charge >= 0.3 is 0 Å². The number of amides is 12. The molecule has 0 spiro atoms. The second kappa shape index (κ2) is 35.4. The molecule has 4 rings (SSSR count). The first-order valence-electron chi connectivity index (χ1n) is 32.5. The van der Waals surface area contributed by atoms with Crippen LogP contribution in [0.25, 0.3) is 0 Å². The summed E-state index contributed by atoms with van der Waals surface area (Å²) in [5, 5.41) is 33.2. The molecule has 1 aromatic rings. The van der Waals surface area contributed by atoms with E-state index in [9.17, 15) is 62.6 Å². The van der Waals surface area contributed by atoms with Crippen LogP contribution in [0.15, 0.2) is 30.3 Å². The molecule has 3 aliphatic heterocycles. The molecule has 0 aliphatic carbocycles. The first-order chi connectivity index (χ1) is 42.2. The van der Waals surface area contributed by atoms with Crippen molar-refractivity contribution in [1.82, 2.24) is 62.1 Å². The van der Waals surface area contributed by atoms with Gasteiger partial charge in [0.2, 0.25) is 70.9 Å². The number of likely N-dealkylation sites (tertiary alicyclic amines) is 1. The average molecular weight is 1260 g/mol. The van der Waals surface area contributed by atoms with Crippen LogP contribution in [0.4, 0.5) is 0 Å². The van der Waals surface area contributed by atoms with E-state index in [-0.39, 0.29) is 68.7 Å². The van der Waals surface area contributed by atoms with E-state index < -0.39 is 156 Å². The molecule has 9 N–H and O–H groups in total. The highest BCUT2D eigenvalue weighted by molar-refractivity contribution is 6.00. The second-order valence-electron chi connectivity index (χ2n) is 27.0. The summed E-state index contributed by atoms with van der Waals surface area (Å²) in [6.45, 7) is 23.1. The zero-order chi connectivity index (χ0) is 67.4. The Morgan fingerprint density at radius 1 is 0.500 bits per heavy atom. The van der Waals surface area contributed by atoms with Gasteiger partial charge in [-0.3, -0.25) is 57.5 Å². The minimum Gasteiger partial charge on any atom is -0.391 e. The minimum atomic E-state index is -1.67. The quantitative estimate of drug-likeness (QED) is 0.136. The number of hydrogen-bond donors (Lipinski definition) is 9. The van der Waals surface area contributed by atoms with E-state index in [1.165, 1.54) is 44.7 Å². The van der Waals surface area contributed by atoms with Crippen LogP contribution >= 0.6 is 0 Å². The highest BCUT2D eigenvalue weighted by Gasteiger charge is 2.43. The number of nitrogens with one attached hydrogen (secondary N) is 8. The molecule has 0 aromatic heterocycles. The molecule has 3 heterocycles. The Morgan fingerprint density at radius 3 is 1.52 bits per heavy atom. The van der Waals surface area contributed by atoms with Crippen molar-refractivity contribution in [3.8, 4) is 0 Å². The largest absolute Gasteiger partial charge is 0.391 e. The van der Waals surface area contributed by atoms with Gasteiger partial charge in [-0.25, -0.2) is 0 Å². The van der Waals surface area contributed by atoms with Gasteiger partial charge in [-0.15, -0.1) is 0 Å². The van der Waals surface area contributed by atoms with Crippen molar-refractivity contribution in [2.24, 2.45) is 29.6 Å². The third-order valence-corrected chi connectivity index (χ3v) is 16.8. The average Bonchev–Trinajstić information content (AvgIpc) is 1.42. The van der Waals surface area contributed by atoms with E-state index >= 15 is 0 Å².